The Bertz CT molecular complexity index is 376. The van der Waals surface area contributed by atoms with Crippen molar-refractivity contribution in [2.75, 3.05) is 31.6 Å². The third kappa shape index (κ3) is 5.96. The normalized spacial score (nSPS) is 11.6. The van der Waals surface area contributed by atoms with Crippen LogP contribution < -0.4 is 10.6 Å². The molecule has 0 atom stereocenters. The molecule has 7 heteroatoms. The van der Waals surface area contributed by atoms with Gasteiger partial charge in [0.1, 0.15) is 12.2 Å². The standard InChI is InChI=1S/C12H24N6S/c1-4-11-17-16-10-18(11)8-6-14-12(13-5-2)15-7-9-19-3/h10H,4-9H2,1-3H3,(H2,13,14,15). The average Bonchev–Trinajstić information content (AvgIpc) is 2.86. The summed E-state index contributed by atoms with van der Waals surface area (Å²) >= 11 is 1.81. The van der Waals surface area contributed by atoms with E-state index in [1.54, 1.807) is 18.1 Å². The van der Waals surface area contributed by atoms with Crippen LogP contribution in [-0.2, 0) is 13.0 Å². The molecule has 0 aliphatic heterocycles. The molecule has 0 saturated heterocycles. The van der Waals surface area contributed by atoms with Gasteiger partial charge in [0.2, 0.25) is 0 Å². The second-order valence-corrected chi connectivity index (χ2v) is 4.96. The Labute approximate surface area is 119 Å². The lowest BCUT2D eigenvalue weighted by molar-refractivity contribution is 0.633. The predicted octanol–water partition coefficient (Wildman–Crippen LogP) is 0.759. The number of thioether (sulfide) groups is 1. The lowest BCUT2D eigenvalue weighted by Crippen LogP contribution is -2.39. The van der Waals surface area contributed by atoms with Crippen molar-refractivity contribution in [3.8, 4) is 0 Å². The Morgan fingerprint density at radius 1 is 1.42 bits per heavy atom. The fourth-order valence-electron chi connectivity index (χ4n) is 1.62. The second-order valence-electron chi connectivity index (χ2n) is 3.97. The highest BCUT2D eigenvalue weighted by Gasteiger charge is 2.01. The quantitative estimate of drug-likeness (QED) is 0.419. The molecular weight excluding hydrogens is 260 g/mol. The van der Waals surface area contributed by atoms with Gasteiger partial charge in [0.15, 0.2) is 5.96 Å². The van der Waals surface area contributed by atoms with E-state index in [-0.39, 0.29) is 0 Å². The Balaban J connectivity index is 2.37. The van der Waals surface area contributed by atoms with Gasteiger partial charge < -0.3 is 15.2 Å². The van der Waals surface area contributed by atoms with E-state index in [0.29, 0.717) is 0 Å². The van der Waals surface area contributed by atoms with Gasteiger partial charge in [-0.1, -0.05) is 6.92 Å². The minimum absolute atomic E-state index is 0.816. The highest BCUT2D eigenvalue weighted by atomic mass is 32.2. The maximum atomic E-state index is 4.50. The van der Waals surface area contributed by atoms with Gasteiger partial charge in [-0.3, -0.25) is 4.99 Å². The summed E-state index contributed by atoms with van der Waals surface area (Å²) in [5.74, 6) is 2.94. The summed E-state index contributed by atoms with van der Waals surface area (Å²) in [6.45, 7) is 7.53. The molecule has 0 spiro atoms. The van der Waals surface area contributed by atoms with Crippen LogP contribution in [-0.4, -0.2) is 52.4 Å². The van der Waals surface area contributed by atoms with E-state index in [0.717, 1.165) is 50.1 Å². The van der Waals surface area contributed by atoms with Gasteiger partial charge in [0, 0.05) is 31.8 Å². The van der Waals surface area contributed by atoms with Crippen LogP contribution in [0, 0.1) is 0 Å². The smallest absolute Gasteiger partial charge is 0.191 e. The topological polar surface area (TPSA) is 67.1 Å². The minimum atomic E-state index is 0.816. The predicted molar refractivity (Wildman–Crippen MR) is 81.8 cm³/mol. The number of guanidine groups is 1. The van der Waals surface area contributed by atoms with Crippen LogP contribution in [0.25, 0.3) is 0 Å². The molecule has 0 radical (unpaired) electrons. The van der Waals surface area contributed by atoms with E-state index in [1.807, 2.05) is 0 Å². The Kier molecular flexibility index (Phi) is 8.04. The Morgan fingerprint density at radius 2 is 2.26 bits per heavy atom. The first kappa shape index (κ1) is 15.8. The fraction of sp³-hybridized carbons (Fsp3) is 0.750. The van der Waals surface area contributed by atoms with Crippen molar-refractivity contribution >= 4 is 17.7 Å². The molecule has 6 nitrogen and oxygen atoms in total. The van der Waals surface area contributed by atoms with Gasteiger partial charge >= 0.3 is 0 Å². The van der Waals surface area contributed by atoms with E-state index in [2.05, 4.69) is 50.5 Å². The van der Waals surface area contributed by atoms with Crippen molar-refractivity contribution in [3.05, 3.63) is 12.2 Å². The zero-order valence-corrected chi connectivity index (χ0v) is 12.8. The molecular formula is C12H24N6S. The molecule has 0 aliphatic carbocycles. The lowest BCUT2D eigenvalue weighted by Gasteiger charge is -2.12. The molecule has 108 valence electrons. The first-order valence-electron chi connectivity index (χ1n) is 6.69. The van der Waals surface area contributed by atoms with Crippen LogP contribution in [0.15, 0.2) is 11.3 Å². The molecule has 0 fully saturated rings. The van der Waals surface area contributed by atoms with E-state index in [4.69, 9.17) is 0 Å². The largest absolute Gasteiger partial charge is 0.357 e. The van der Waals surface area contributed by atoms with Gasteiger partial charge in [-0.05, 0) is 13.2 Å². The number of rotatable bonds is 8. The van der Waals surface area contributed by atoms with Crippen LogP contribution in [0.1, 0.15) is 19.7 Å². The van der Waals surface area contributed by atoms with Crippen LogP contribution in [0.5, 0.6) is 0 Å². The average molecular weight is 284 g/mol. The third-order valence-corrected chi connectivity index (χ3v) is 3.16. The molecule has 1 aromatic rings. The zero-order valence-electron chi connectivity index (χ0n) is 12.0. The number of hydrogen-bond donors (Lipinski definition) is 2. The van der Waals surface area contributed by atoms with Gasteiger partial charge in [-0.15, -0.1) is 10.2 Å². The van der Waals surface area contributed by atoms with Crippen molar-refractivity contribution in [2.45, 2.75) is 26.8 Å². The van der Waals surface area contributed by atoms with E-state index in [1.165, 1.54) is 0 Å². The number of aromatic nitrogens is 3. The SMILES string of the molecule is CCNC(=NCCSC)NCCn1cnnc1CC. The molecule has 1 aromatic heterocycles. The van der Waals surface area contributed by atoms with Crippen LogP contribution >= 0.6 is 11.8 Å². The monoisotopic (exact) mass is 284 g/mol. The van der Waals surface area contributed by atoms with E-state index < -0.39 is 0 Å². The molecule has 2 N–H and O–H groups in total. The van der Waals surface area contributed by atoms with Crippen molar-refractivity contribution in [2.24, 2.45) is 4.99 Å². The van der Waals surface area contributed by atoms with Gasteiger partial charge in [0.25, 0.3) is 0 Å². The Morgan fingerprint density at radius 3 is 2.95 bits per heavy atom. The van der Waals surface area contributed by atoms with Crippen molar-refractivity contribution in [1.82, 2.24) is 25.4 Å². The van der Waals surface area contributed by atoms with Gasteiger partial charge in [0.05, 0.1) is 6.54 Å². The lowest BCUT2D eigenvalue weighted by atomic mass is 10.4. The summed E-state index contributed by atoms with van der Waals surface area (Å²) in [5.41, 5.74) is 0. The van der Waals surface area contributed by atoms with Crippen molar-refractivity contribution < 1.29 is 0 Å². The highest BCUT2D eigenvalue weighted by Crippen LogP contribution is 1.94. The molecule has 0 amide bonds. The summed E-state index contributed by atoms with van der Waals surface area (Å²) in [6.07, 6.45) is 4.77. The van der Waals surface area contributed by atoms with Crippen LogP contribution in [0.4, 0.5) is 0 Å². The molecule has 19 heavy (non-hydrogen) atoms. The van der Waals surface area contributed by atoms with Crippen molar-refractivity contribution in [3.63, 3.8) is 0 Å². The number of nitrogens with zero attached hydrogens (tertiary/aromatic N) is 4. The summed E-state index contributed by atoms with van der Waals surface area (Å²) in [5, 5.41) is 14.6. The Hall–Kier alpha value is -1.24. The molecule has 0 aromatic carbocycles. The fourth-order valence-corrected chi connectivity index (χ4v) is 1.90. The van der Waals surface area contributed by atoms with Crippen molar-refractivity contribution in [1.29, 1.82) is 0 Å². The van der Waals surface area contributed by atoms with Gasteiger partial charge in [-0.2, -0.15) is 11.8 Å². The number of nitrogens with one attached hydrogen (secondary N) is 2. The summed E-state index contributed by atoms with van der Waals surface area (Å²) < 4.78 is 2.07. The third-order valence-electron chi connectivity index (χ3n) is 2.57. The highest BCUT2D eigenvalue weighted by molar-refractivity contribution is 7.98. The second kappa shape index (κ2) is 9.66. The molecule has 0 saturated carbocycles. The zero-order chi connectivity index (χ0) is 13.9. The number of hydrogen-bond acceptors (Lipinski definition) is 4. The summed E-state index contributed by atoms with van der Waals surface area (Å²) in [6, 6.07) is 0. The van der Waals surface area contributed by atoms with Crippen LogP contribution in [0.3, 0.4) is 0 Å². The maximum absolute atomic E-state index is 4.50. The molecule has 0 bridgehead atoms. The molecule has 0 unspecified atom stereocenters. The van der Waals surface area contributed by atoms with E-state index in [9.17, 15) is 0 Å². The summed E-state index contributed by atoms with van der Waals surface area (Å²) in [4.78, 5) is 4.50. The minimum Gasteiger partial charge on any atom is -0.357 e. The summed E-state index contributed by atoms with van der Waals surface area (Å²) in [7, 11) is 0. The van der Waals surface area contributed by atoms with Crippen LogP contribution in [0.2, 0.25) is 0 Å². The molecule has 1 heterocycles. The molecule has 0 aliphatic rings. The molecule has 1 rings (SSSR count). The first-order valence-corrected chi connectivity index (χ1v) is 8.09. The maximum Gasteiger partial charge on any atom is 0.191 e. The number of aliphatic imine (C=N–C) groups is 1. The first-order chi connectivity index (χ1) is 9.31. The number of aryl methyl sites for hydroxylation is 1. The van der Waals surface area contributed by atoms with Gasteiger partial charge in [-0.25, -0.2) is 0 Å². The van der Waals surface area contributed by atoms with E-state index >= 15 is 0 Å².